The quantitative estimate of drug-likeness (QED) is 0.558. The largest absolute Gasteiger partial charge is 0.368 e. The number of halogens is 2. The average molecular weight is 385 g/mol. The molecule has 25 heavy (non-hydrogen) atoms. The number of carbonyl (C=O) groups excluding carboxylic acids is 2. The van der Waals surface area contributed by atoms with Gasteiger partial charge in [-0.25, -0.2) is 0 Å². The summed E-state index contributed by atoms with van der Waals surface area (Å²) in [7, 11) is 0. The third-order valence-electron chi connectivity index (χ3n) is 4.09. The molecule has 0 N–H and O–H groups in total. The number of hydrogen-bond donors (Lipinski definition) is 0. The van der Waals surface area contributed by atoms with Crippen molar-refractivity contribution in [2.24, 2.45) is 0 Å². The Labute approximate surface area is 158 Å². The van der Waals surface area contributed by atoms with Crippen LogP contribution in [-0.2, 0) is 9.53 Å². The number of benzene rings is 1. The van der Waals surface area contributed by atoms with Crippen LogP contribution in [0.2, 0.25) is 10.0 Å². The van der Waals surface area contributed by atoms with Crippen LogP contribution in [0.25, 0.3) is 0 Å². The minimum Gasteiger partial charge on any atom is -0.368 e. The van der Waals surface area contributed by atoms with Gasteiger partial charge in [-0.3, -0.25) is 9.59 Å². The van der Waals surface area contributed by atoms with Gasteiger partial charge in [-0.05, 0) is 25.5 Å². The molecule has 1 atom stereocenters. The Morgan fingerprint density at radius 2 is 1.76 bits per heavy atom. The Morgan fingerprint density at radius 3 is 2.32 bits per heavy atom. The molecule has 1 saturated heterocycles. The summed E-state index contributed by atoms with van der Waals surface area (Å²) in [5.74, 6) is -0.273. The van der Waals surface area contributed by atoms with E-state index in [9.17, 15) is 9.59 Å². The summed E-state index contributed by atoms with van der Waals surface area (Å²) < 4.78 is 5.49. The summed E-state index contributed by atoms with van der Waals surface area (Å²) in [5.41, 5.74) is 0.312. The van der Waals surface area contributed by atoms with Gasteiger partial charge in [0.15, 0.2) is 0 Å². The number of ether oxygens (including phenoxy) is 1. The fourth-order valence-corrected chi connectivity index (χ4v) is 3.21. The summed E-state index contributed by atoms with van der Waals surface area (Å²) in [6.45, 7) is 7.63. The lowest BCUT2D eigenvalue weighted by molar-refractivity contribution is -0.144. The van der Waals surface area contributed by atoms with Gasteiger partial charge in [-0.15, -0.1) is 6.58 Å². The molecule has 0 saturated carbocycles. The molecule has 1 aromatic carbocycles. The molecule has 0 spiro atoms. The fourth-order valence-electron chi connectivity index (χ4n) is 2.65. The molecule has 136 valence electrons. The molecule has 1 heterocycles. The van der Waals surface area contributed by atoms with Crippen LogP contribution in [-0.4, -0.2) is 60.5 Å². The van der Waals surface area contributed by atoms with Crippen LogP contribution in [0, 0.1) is 0 Å². The van der Waals surface area contributed by atoms with Crippen molar-refractivity contribution in [3.8, 4) is 0 Å². The monoisotopic (exact) mass is 384 g/mol. The molecule has 2 amide bonds. The second-order valence-electron chi connectivity index (χ2n) is 5.80. The van der Waals surface area contributed by atoms with Crippen molar-refractivity contribution in [2.45, 2.75) is 19.4 Å². The minimum absolute atomic E-state index is 0.0630. The van der Waals surface area contributed by atoms with Crippen LogP contribution in [0.4, 0.5) is 0 Å². The van der Waals surface area contributed by atoms with E-state index in [1.165, 1.54) is 0 Å². The van der Waals surface area contributed by atoms with Crippen LogP contribution in [0.5, 0.6) is 0 Å². The summed E-state index contributed by atoms with van der Waals surface area (Å²) >= 11 is 12.2. The highest BCUT2D eigenvalue weighted by Crippen LogP contribution is 2.26. The van der Waals surface area contributed by atoms with E-state index in [-0.39, 0.29) is 11.8 Å². The van der Waals surface area contributed by atoms with Crippen molar-refractivity contribution in [1.82, 2.24) is 9.80 Å². The van der Waals surface area contributed by atoms with Gasteiger partial charge >= 0.3 is 0 Å². The highest BCUT2D eigenvalue weighted by Gasteiger charge is 2.29. The Balaban J connectivity index is 1.92. The number of rotatable bonds is 6. The molecule has 5 nitrogen and oxygen atoms in total. The Bertz CT molecular complexity index is 623. The highest BCUT2D eigenvalue weighted by atomic mass is 35.5. The number of piperazine rings is 1. The molecule has 1 fully saturated rings. The van der Waals surface area contributed by atoms with E-state index >= 15 is 0 Å². The van der Waals surface area contributed by atoms with E-state index in [0.29, 0.717) is 54.8 Å². The van der Waals surface area contributed by atoms with E-state index in [2.05, 4.69) is 6.58 Å². The smallest absolute Gasteiger partial charge is 0.257 e. The standard InChI is InChI=1S/C18H22Cl2N2O3/c1-3-4-12-25-13(2)17(23)21-8-10-22(11-9-21)18(24)16-14(19)6-5-7-15(16)20/h3,5-7,13H,1,4,8-12H2,2H3. The second-order valence-corrected chi connectivity index (χ2v) is 6.62. The van der Waals surface area contributed by atoms with Crippen LogP contribution >= 0.6 is 23.2 Å². The van der Waals surface area contributed by atoms with Gasteiger partial charge < -0.3 is 14.5 Å². The minimum atomic E-state index is -0.500. The zero-order valence-electron chi connectivity index (χ0n) is 14.2. The Hall–Kier alpha value is -1.56. The molecule has 0 aliphatic carbocycles. The first-order valence-electron chi connectivity index (χ1n) is 8.20. The molecule has 1 aliphatic heterocycles. The van der Waals surface area contributed by atoms with Crippen molar-refractivity contribution in [1.29, 1.82) is 0 Å². The summed E-state index contributed by atoms with van der Waals surface area (Å²) in [4.78, 5) is 28.4. The maximum atomic E-state index is 12.6. The van der Waals surface area contributed by atoms with Crippen LogP contribution in [0.15, 0.2) is 30.9 Å². The lowest BCUT2D eigenvalue weighted by Gasteiger charge is -2.36. The molecule has 1 aliphatic rings. The van der Waals surface area contributed by atoms with Crippen LogP contribution < -0.4 is 0 Å². The highest BCUT2D eigenvalue weighted by molar-refractivity contribution is 6.39. The van der Waals surface area contributed by atoms with E-state index in [4.69, 9.17) is 27.9 Å². The van der Waals surface area contributed by atoms with Crippen molar-refractivity contribution >= 4 is 35.0 Å². The predicted octanol–water partition coefficient (Wildman–Crippen LogP) is 3.26. The first-order chi connectivity index (χ1) is 12.0. The van der Waals surface area contributed by atoms with Gasteiger partial charge in [0.25, 0.3) is 11.8 Å². The molecular formula is C18H22Cl2N2O3. The Morgan fingerprint density at radius 1 is 1.20 bits per heavy atom. The van der Waals surface area contributed by atoms with Crippen molar-refractivity contribution in [3.63, 3.8) is 0 Å². The van der Waals surface area contributed by atoms with E-state index in [0.717, 1.165) is 0 Å². The maximum Gasteiger partial charge on any atom is 0.257 e. The average Bonchev–Trinajstić information content (AvgIpc) is 2.61. The number of amides is 2. The van der Waals surface area contributed by atoms with Gasteiger partial charge in [0.2, 0.25) is 0 Å². The van der Waals surface area contributed by atoms with Crippen LogP contribution in [0.1, 0.15) is 23.7 Å². The molecule has 0 aromatic heterocycles. The number of carbonyl (C=O) groups is 2. The molecule has 0 bridgehead atoms. The molecular weight excluding hydrogens is 363 g/mol. The molecule has 1 unspecified atom stereocenters. The first kappa shape index (κ1) is 19.8. The third-order valence-corrected chi connectivity index (χ3v) is 4.72. The van der Waals surface area contributed by atoms with Crippen molar-refractivity contribution in [3.05, 3.63) is 46.5 Å². The topological polar surface area (TPSA) is 49.9 Å². The normalized spacial score (nSPS) is 15.8. The first-order valence-corrected chi connectivity index (χ1v) is 8.96. The lowest BCUT2D eigenvalue weighted by atomic mass is 10.1. The molecule has 0 radical (unpaired) electrons. The number of hydrogen-bond acceptors (Lipinski definition) is 3. The fraction of sp³-hybridized carbons (Fsp3) is 0.444. The van der Waals surface area contributed by atoms with Crippen molar-refractivity contribution in [2.75, 3.05) is 32.8 Å². The Kier molecular flexibility index (Phi) is 7.29. The zero-order valence-corrected chi connectivity index (χ0v) is 15.7. The van der Waals surface area contributed by atoms with E-state index < -0.39 is 6.10 Å². The summed E-state index contributed by atoms with van der Waals surface area (Å²) in [6.07, 6.45) is 1.96. The zero-order chi connectivity index (χ0) is 18.4. The third kappa shape index (κ3) is 4.97. The maximum absolute atomic E-state index is 12.6. The van der Waals surface area contributed by atoms with Gasteiger partial charge in [0, 0.05) is 26.2 Å². The molecule has 2 rings (SSSR count). The predicted molar refractivity (Wildman–Crippen MR) is 99.2 cm³/mol. The summed E-state index contributed by atoms with van der Waals surface area (Å²) in [6, 6.07) is 4.98. The molecule has 7 heteroatoms. The van der Waals surface area contributed by atoms with Gasteiger partial charge in [0.1, 0.15) is 6.10 Å². The van der Waals surface area contributed by atoms with Crippen LogP contribution in [0.3, 0.4) is 0 Å². The lowest BCUT2D eigenvalue weighted by Crippen LogP contribution is -2.53. The number of nitrogens with zero attached hydrogens (tertiary/aromatic N) is 2. The second kappa shape index (κ2) is 9.22. The van der Waals surface area contributed by atoms with Gasteiger partial charge in [-0.1, -0.05) is 35.3 Å². The van der Waals surface area contributed by atoms with Gasteiger partial charge in [0.05, 0.1) is 22.2 Å². The summed E-state index contributed by atoms with van der Waals surface area (Å²) in [5, 5.41) is 0.667. The SMILES string of the molecule is C=CCCOC(C)C(=O)N1CCN(C(=O)c2c(Cl)cccc2Cl)CC1. The van der Waals surface area contributed by atoms with E-state index in [1.54, 1.807) is 41.0 Å². The van der Waals surface area contributed by atoms with Crippen molar-refractivity contribution < 1.29 is 14.3 Å². The van der Waals surface area contributed by atoms with Gasteiger partial charge in [-0.2, -0.15) is 0 Å². The molecule has 1 aromatic rings. The van der Waals surface area contributed by atoms with E-state index in [1.807, 2.05) is 0 Å².